The molecular formula is C24H20ClN3O2S. The molecule has 31 heavy (non-hydrogen) atoms. The van der Waals surface area contributed by atoms with Gasteiger partial charge in [-0.1, -0.05) is 48.0 Å². The molecule has 2 aliphatic carbocycles. The Morgan fingerprint density at radius 1 is 1.03 bits per heavy atom. The van der Waals surface area contributed by atoms with Gasteiger partial charge in [0.15, 0.2) is 0 Å². The molecule has 4 aromatic rings. The summed E-state index contributed by atoms with van der Waals surface area (Å²) in [6.07, 6.45) is 4.07. The van der Waals surface area contributed by atoms with E-state index in [1.165, 1.54) is 11.3 Å². The van der Waals surface area contributed by atoms with Crippen LogP contribution >= 0.6 is 22.9 Å². The number of amides is 1. The van der Waals surface area contributed by atoms with E-state index in [4.69, 9.17) is 11.6 Å². The third kappa shape index (κ3) is 3.00. The highest BCUT2D eigenvalue weighted by atomic mass is 35.5. The molecule has 2 aromatic heterocycles. The SMILES string of the molecule is O=C(NC1CC2(C1)CC(c1n[nH]c(=O)c3ccccc13)C2)c1sc2ccccc2c1Cl. The summed E-state index contributed by atoms with van der Waals surface area (Å²) in [7, 11) is 0. The fourth-order valence-electron chi connectivity index (χ4n) is 5.46. The van der Waals surface area contributed by atoms with Crippen molar-refractivity contribution in [3.8, 4) is 0 Å². The Morgan fingerprint density at radius 3 is 2.45 bits per heavy atom. The summed E-state index contributed by atoms with van der Waals surface area (Å²) >= 11 is 7.90. The fourth-order valence-corrected chi connectivity index (χ4v) is 6.88. The van der Waals surface area contributed by atoms with Crippen LogP contribution in [0.25, 0.3) is 20.9 Å². The average molecular weight is 450 g/mol. The van der Waals surface area contributed by atoms with Crippen molar-refractivity contribution >= 4 is 49.7 Å². The molecule has 0 unspecified atom stereocenters. The number of halogens is 1. The van der Waals surface area contributed by atoms with Crippen LogP contribution in [0, 0.1) is 5.41 Å². The molecule has 0 radical (unpaired) electrons. The van der Waals surface area contributed by atoms with E-state index >= 15 is 0 Å². The number of hydrogen-bond acceptors (Lipinski definition) is 4. The van der Waals surface area contributed by atoms with Crippen molar-refractivity contribution in [3.05, 3.63) is 74.5 Å². The van der Waals surface area contributed by atoms with Crippen LogP contribution in [-0.4, -0.2) is 22.1 Å². The van der Waals surface area contributed by atoms with Crippen molar-refractivity contribution < 1.29 is 4.79 Å². The number of fused-ring (bicyclic) bond motifs is 2. The highest BCUT2D eigenvalue weighted by Crippen LogP contribution is 2.62. The van der Waals surface area contributed by atoms with Crippen molar-refractivity contribution in [2.45, 2.75) is 37.6 Å². The maximum atomic E-state index is 12.8. The third-order valence-corrected chi connectivity index (χ3v) is 8.58. The van der Waals surface area contributed by atoms with E-state index in [1.54, 1.807) is 0 Å². The molecule has 2 N–H and O–H groups in total. The number of aromatic amines is 1. The molecule has 0 saturated heterocycles. The predicted molar refractivity (Wildman–Crippen MR) is 124 cm³/mol. The highest BCUT2D eigenvalue weighted by molar-refractivity contribution is 7.21. The van der Waals surface area contributed by atoms with Gasteiger partial charge in [0.2, 0.25) is 0 Å². The molecule has 1 amide bonds. The number of aromatic nitrogens is 2. The molecule has 0 atom stereocenters. The maximum absolute atomic E-state index is 12.8. The van der Waals surface area contributed by atoms with E-state index in [0.717, 1.165) is 46.8 Å². The second-order valence-corrected chi connectivity index (χ2v) is 10.3. The molecule has 2 saturated carbocycles. The third-order valence-electron chi connectivity index (χ3n) is 6.91. The topological polar surface area (TPSA) is 74.8 Å². The van der Waals surface area contributed by atoms with Gasteiger partial charge in [-0.15, -0.1) is 11.3 Å². The summed E-state index contributed by atoms with van der Waals surface area (Å²) < 4.78 is 1.03. The van der Waals surface area contributed by atoms with E-state index in [9.17, 15) is 9.59 Å². The Kier molecular flexibility index (Phi) is 4.24. The quantitative estimate of drug-likeness (QED) is 0.448. The summed E-state index contributed by atoms with van der Waals surface area (Å²) in [5.74, 6) is 0.283. The van der Waals surface area contributed by atoms with Crippen molar-refractivity contribution in [1.82, 2.24) is 15.5 Å². The Bertz CT molecular complexity index is 1390. The maximum Gasteiger partial charge on any atom is 0.272 e. The minimum Gasteiger partial charge on any atom is -0.349 e. The van der Waals surface area contributed by atoms with E-state index in [2.05, 4.69) is 15.5 Å². The first-order valence-electron chi connectivity index (χ1n) is 10.5. The minimum atomic E-state index is -0.139. The smallest absolute Gasteiger partial charge is 0.272 e. The van der Waals surface area contributed by atoms with Crippen LogP contribution in [0.15, 0.2) is 53.3 Å². The van der Waals surface area contributed by atoms with Gasteiger partial charge in [0.1, 0.15) is 4.88 Å². The van der Waals surface area contributed by atoms with Gasteiger partial charge >= 0.3 is 0 Å². The van der Waals surface area contributed by atoms with Crippen LogP contribution < -0.4 is 10.9 Å². The molecule has 0 aliphatic heterocycles. The Balaban J connectivity index is 1.12. The predicted octanol–water partition coefficient (Wildman–Crippen LogP) is 5.25. The average Bonchev–Trinajstić information content (AvgIpc) is 3.07. The van der Waals surface area contributed by atoms with Gasteiger partial charge in [-0.3, -0.25) is 9.59 Å². The Labute approximate surface area is 187 Å². The summed E-state index contributed by atoms with van der Waals surface area (Å²) in [4.78, 5) is 25.4. The second-order valence-electron chi connectivity index (χ2n) is 8.91. The lowest BCUT2D eigenvalue weighted by Gasteiger charge is -2.57. The molecule has 7 heteroatoms. The van der Waals surface area contributed by atoms with E-state index in [0.29, 0.717) is 21.2 Å². The molecule has 2 aromatic carbocycles. The van der Waals surface area contributed by atoms with Crippen molar-refractivity contribution in [2.24, 2.45) is 5.41 Å². The molecule has 2 fully saturated rings. The largest absolute Gasteiger partial charge is 0.349 e. The van der Waals surface area contributed by atoms with Gasteiger partial charge in [0, 0.05) is 27.4 Å². The Morgan fingerprint density at radius 2 is 1.71 bits per heavy atom. The number of H-pyrrole nitrogens is 1. The molecule has 5 nitrogen and oxygen atoms in total. The first-order valence-corrected chi connectivity index (χ1v) is 11.7. The number of thiophene rings is 1. The first kappa shape index (κ1) is 19.0. The number of carbonyl (C=O) groups excluding carboxylic acids is 1. The lowest BCUT2D eigenvalue weighted by Crippen LogP contribution is -2.55. The number of rotatable bonds is 3. The molecule has 2 heterocycles. The van der Waals surface area contributed by atoms with Crippen molar-refractivity contribution in [1.29, 1.82) is 0 Å². The number of hydrogen-bond donors (Lipinski definition) is 2. The van der Waals surface area contributed by atoms with Gasteiger partial charge in [0.05, 0.1) is 16.1 Å². The van der Waals surface area contributed by atoms with Crippen LogP contribution in [0.2, 0.25) is 5.02 Å². The molecule has 0 bridgehead atoms. The van der Waals surface area contributed by atoms with Gasteiger partial charge in [-0.05, 0) is 43.2 Å². The Hall–Kier alpha value is -2.70. The summed E-state index contributed by atoms with van der Waals surface area (Å²) in [6, 6.07) is 15.7. The minimum absolute atomic E-state index is 0.0739. The lowest BCUT2D eigenvalue weighted by molar-refractivity contribution is -0.0196. The number of nitrogens with zero attached hydrogens (tertiary/aromatic N) is 1. The van der Waals surface area contributed by atoms with E-state index in [-0.39, 0.29) is 22.9 Å². The molecule has 6 rings (SSSR count). The van der Waals surface area contributed by atoms with Crippen LogP contribution in [0.4, 0.5) is 0 Å². The van der Waals surface area contributed by atoms with Crippen LogP contribution in [0.5, 0.6) is 0 Å². The molecule has 156 valence electrons. The number of benzene rings is 2. The van der Waals surface area contributed by atoms with Gasteiger partial charge < -0.3 is 5.32 Å². The standard InChI is InChI=1S/C24H20ClN3O2S/c25-19-17-7-3-4-8-18(17)31-21(19)23(30)26-14-11-24(12-14)9-13(10-24)20-15-5-1-2-6-16(15)22(29)28-27-20/h1-8,13-14H,9-12H2,(H,26,30)(H,28,29). The fraction of sp³-hybridized carbons (Fsp3) is 0.292. The van der Waals surface area contributed by atoms with Gasteiger partial charge in [0.25, 0.3) is 11.5 Å². The zero-order valence-electron chi connectivity index (χ0n) is 16.7. The molecule has 1 spiro atoms. The molecular weight excluding hydrogens is 430 g/mol. The number of carbonyl (C=O) groups is 1. The van der Waals surface area contributed by atoms with E-state index in [1.807, 2.05) is 48.5 Å². The van der Waals surface area contributed by atoms with Crippen LogP contribution in [0.1, 0.15) is 47.0 Å². The zero-order valence-corrected chi connectivity index (χ0v) is 18.2. The first-order chi connectivity index (χ1) is 15.0. The summed E-state index contributed by atoms with van der Waals surface area (Å²) in [5.41, 5.74) is 1.14. The van der Waals surface area contributed by atoms with Crippen LogP contribution in [0.3, 0.4) is 0 Å². The van der Waals surface area contributed by atoms with Crippen molar-refractivity contribution in [2.75, 3.05) is 0 Å². The zero-order chi connectivity index (χ0) is 21.2. The second kappa shape index (κ2) is 6.90. The summed E-state index contributed by atoms with van der Waals surface area (Å²) in [5, 5.41) is 13.3. The summed E-state index contributed by atoms with van der Waals surface area (Å²) in [6.45, 7) is 0. The van der Waals surface area contributed by atoms with E-state index < -0.39 is 0 Å². The normalized spacial score (nSPS) is 24.8. The molecule has 2 aliphatic rings. The van der Waals surface area contributed by atoms with Crippen LogP contribution in [-0.2, 0) is 0 Å². The number of nitrogens with one attached hydrogen (secondary N) is 2. The monoisotopic (exact) mass is 449 g/mol. The lowest BCUT2D eigenvalue weighted by atomic mass is 9.49. The van der Waals surface area contributed by atoms with Gasteiger partial charge in [-0.25, -0.2) is 5.10 Å². The highest BCUT2D eigenvalue weighted by Gasteiger charge is 2.54. The van der Waals surface area contributed by atoms with Gasteiger partial charge in [-0.2, -0.15) is 5.10 Å². The van der Waals surface area contributed by atoms with Crippen molar-refractivity contribution in [3.63, 3.8) is 0 Å².